The van der Waals surface area contributed by atoms with Crippen LogP contribution in [-0.4, -0.2) is 24.2 Å². The predicted octanol–water partition coefficient (Wildman–Crippen LogP) is 3.06. The molecular weight excluding hydrogens is 496 g/mol. The van der Waals surface area contributed by atoms with Gasteiger partial charge in [-0.25, -0.2) is 5.43 Å². The quantitative estimate of drug-likeness (QED) is 0.394. The van der Waals surface area contributed by atoms with Crippen LogP contribution in [0.15, 0.2) is 41.8 Å². The average Bonchev–Trinajstić information content (AvgIpc) is 2.47. The molecule has 7 heteroatoms. The van der Waals surface area contributed by atoms with E-state index < -0.39 is 0 Å². The van der Waals surface area contributed by atoms with Gasteiger partial charge >= 0.3 is 0 Å². The molecule has 0 radical (unpaired) electrons. The fraction of sp³-hybridized carbons (Fsp3) is 0.0714. The summed E-state index contributed by atoms with van der Waals surface area (Å²) in [5, 5.41) is 3.98. The number of ether oxygens (including phenoxy) is 1. The van der Waals surface area contributed by atoms with Crippen LogP contribution in [0.1, 0.15) is 15.9 Å². The summed E-state index contributed by atoms with van der Waals surface area (Å²) >= 11 is 4.42. The minimum absolute atomic E-state index is 0.284. The molecular formula is C14H11I2N3O2. The fourth-order valence-corrected chi connectivity index (χ4v) is 3.73. The van der Waals surface area contributed by atoms with E-state index in [4.69, 9.17) is 4.74 Å². The van der Waals surface area contributed by atoms with Crippen molar-refractivity contribution in [1.82, 2.24) is 10.4 Å². The van der Waals surface area contributed by atoms with Crippen LogP contribution < -0.4 is 10.2 Å². The van der Waals surface area contributed by atoms with Crippen LogP contribution in [0.25, 0.3) is 0 Å². The Bertz CT molecular complexity index is 675. The zero-order valence-electron chi connectivity index (χ0n) is 11.0. The molecule has 1 amide bonds. The highest BCUT2D eigenvalue weighted by Crippen LogP contribution is 2.26. The second-order valence-corrected chi connectivity index (χ2v) is 6.35. The molecule has 1 heterocycles. The number of benzene rings is 1. The number of pyridine rings is 1. The number of nitrogens with zero attached hydrogens (tertiary/aromatic N) is 2. The van der Waals surface area contributed by atoms with Crippen LogP contribution in [-0.2, 0) is 0 Å². The Morgan fingerprint density at radius 2 is 2.05 bits per heavy atom. The zero-order chi connectivity index (χ0) is 15.2. The molecule has 1 N–H and O–H groups in total. The van der Waals surface area contributed by atoms with E-state index in [1.165, 1.54) is 0 Å². The Morgan fingerprint density at radius 1 is 1.33 bits per heavy atom. The molecule has 0 bridgehead atoms. The van der Waals surface area contributed by atoms with Crippen LogP contribution in [0, 0.1) is 7.14 Å². The van der Waals surface area contributed by atoms with Gasteiger partial charge in [-0.1, -0.05) is 0 Å². The largest absolute Gasteiger partial charge is 0.495 e. The van der Waals surface area contributed by atoms with Crippen molar-refractivity contribution in [3.8, 4) is 5.75 Å². The number of aromatic nitrogens is 1. The molecule has 0 unspecified atom stereocenters. The van der Waals surface area contributed by atoms with E-state index in [0.29, 0.717) is 5.56 Å². The fourth-order valence-electron chi connectivity index (χ4n) is 1.62. The lowest BCUT2D eigenvalue weighted by atomic mass is 10.2. The van der Waals surface area contributed by atoms with E-state index in [9.17, 15) is 4.79 Å². The average molecular weight is 507 g/mol. The summed E-state index contributed by atoms with van der Waals surface area (Å²) in [5.41, 5.74) is 3.79. The smallest absolute Gasteiger partial charge is 0.271 e. The minimum atomic E-state index is -0.284. The topological polar surface area (TPSA) is 63.6 Å². The predicted molar refractivity (Wildman–Crippen MR) is 97.7 cm³/mol. The van der Waals surface area contributed by atoms with Gasteiger partial charge in [0.15, 0.2) is 0 Å². The molecule has 1 aromatic carbocycles. The third kappa shape index (κ3) is 4.37. The highest BCUT2D eigenvalue weighted by atomic mass is 127. The zero-order valence-corrected chi connectivity index (χ0v) is 15.3. The molecule has 0 spiro atoms. The lowest BCUT2D eigenvalue weighted by Gasteiger charge is -2.07. The number of hydrogen-bond acceptors (Lipinski definition) is 4. The Labute approximate surface area is 149 Å². The maximum atomic E-state index is 11.8. The Balaban J connectivity index is 2.13. The molecule has 0 saturated carbocycles. The van der Waals surface area contributed by atoms with Crippen molar-refractivity contribution < 1.29 is 9.53 Å². The Morgan fingerprint density at radius 3 is 2.71 bits per heavy atom. The number of methoxy groups -OCH3 is 1. The minimum Gasteiger partial charge on any atom is -0.495 e. The summed E-state index contributed by atoms with van der Waals surface area (Å²) in [6.07, 6.45) is 4.69. The summed E-state index contributed by atoms with van der Waals surface area (Å²) in [4.78, 5) is 15.7. The number of nitrogens with one attached hydrogen (secondary N) is 1. The molecule has 5 nitrogen and oxygen atoms in total. The SMILES string of the molecule is COc1c(I)cc(I)cc1/C=N/NC(=O)c1ccncc1. The van der Waals surface area contributed by atoms with Crippen molar-refractivity contribution in [1.29, 1.82) is 0 Å². The number of rotatable bonds is 4. The summed E-state index contributed by atoms with van der Waals surface area (Å²) in [7, 11) is 1.61. The second kappa shape index (κ2) is 7.69. The van der Waals surface area contributed by atoms with Gasteiger partial charge in [0.25, 0.3) is 5.91 Å². The van der Waals surface area contributed by atoms with Crippen molar-refractivity contribution in [3.05, 3.63) is 54.9 Å². The Kier molecular flexibility index (Phi) is 5.91. The van der Waals surface area contributed by atoms with Gasteiger partial charge < -0.3 is 4.74 Å². The summed E-state index contributed by atoms with van der Waals surface area (Å²) in [5.74, 6) is 0.450. The summed E-state index contributed by atoms with van der Waals surface area (Å²) in [6, 6.07) is 7.19. The standard InChI is InChI=1S/C14H11I2N3O2/c1-21-13-10(6-11(15)7-12(13)16)8-18-19-14(20)9-2-4-17-5-3-9/h2-8H,1H3,(H,19,20)/b18-8+. The number of hydrazone groups is 1. The monoisotopic (exact) mass is 507 g/mol. The van der Waals surface area contributed by atoms with Gasteiger partial charge in [0.05, 0.1) is 16.9 Å². The van der Waals surface area contributed by atoms with E-state index in [0.717, 1.165) is 18.5 Å². The maximum absolute atomic E-state index is 11.8. The highest BCUT2D eigenvalue weighted by Gasteiger charge is 2.08. The summed E-state index contributed by atoms with van der Waals surface area (Å²) < 4.78 is 7.41. The van der Waals surface area contributed by atoms with Crippen molar-refractivity contribution >= 4 is 57.3 Å². The maximum Gasteiger partial charge on any atom is 0.271 e. The van der Waals surface area contributed by atoms with Gasteiger partial charge in [0.1, 0.15) is 5.75 Å². The normalized spacial score (nSPS) is 10.6. The van der Waals surface area contributed by atoms with Crippen LogP contribution in [0.5, 0.6) is 5.75 Å². The lowest BCUT2D eigenvalue weighted by Crippen LogP contribution is -2.17. The van der Waals surface area contributed by atoms with Gasteiger partial charge in [-0.05, 0) is 69.4 Å². The summed E-state index contributed by atoms with van der Waals surface area (Å²) in [6.45, 7) is 0. The molecule has 108 valence electrons. The van der Waals surface area contributed by atoms with E-state index in [2.05, 4.69) is 60.7 Å². The first-order chi connectivity index (χ1) is 10.1. The first kappa shape index (κ1) is 16.1. The number of hydrogen-bond donors (Lipinski definition) is 1. The number of carbonyl (C=O) groups excluding carboxylic acids is 1. The van der Waals surface area contributed by atoms with E-state index in [1.807, 2.05) is 12.1 Å². The molecule has 0 aliphatic rings. The van der Waals surface area contributed by atoms with Crippen LogP contribution >= 0.6 is 45.2 Å². The van der Waals surface area contributed by atoms with E-state index in [-0.39, 0.29) is 5.91 Å². The van der Waals surface area contributed by atoms with Crippen molar-refractivity contribution in [3.63, 3.8) is 0 Å². The van der Waals surface area contributed by atoms with Crippen LogP contribution in [0.2, 0.25) is 0 Å². The van der Waals surface area contributed by atoms with Gasteiger partial charge in [-0.15, -0.1) is 0 Å². The van der Waals surface area contributed by atoms with Crippen molar-refractivity contribution in [2.75, 3.05) is 7.11 Å². The molecule has 0 atom stereocenters. The number of carbonyl (C=O) groups is 1. The lowest BCUT2D eigenvalue weighted by molar-refractivity contribution is 0.0955. The molecule has 1 aromatic heterocycles. The third-order valence-electron chi connectivity index (χ3n) is 2.55. The van der Waals surface area contributed by atoms with E-state index in [1.54, 1.807) is 37.9 Å². The van der Waals surface area contributed by atoms with Crippen molar-refractivity contribution in [2.24, 2.45) is 5.10 Å². The van der Waals surface area contributed by atoms with Gasteiger partial charge in [-0.3, -0.25) is 9.78 Å². The molecule has 0 fully saturated rings. The van der Waals surface area contributed by atoms with E-state index >= 15 is 0 Å². The number of amides is 1. The van der Waals surface area contributed by atoms with Crippen molar-refractivity contribution in [2.45, 2.75) is 0 Å². The van der Waals surface area contributed by atoms with Crippen LogP contribution in [0.3, 0.4) is 0 Å². The third-order valence-corrected chi connectivity index (χ3v) is 3.98. The van der Waals surface area contributed by atoms with Gasteiger partial charge in [0.2, 0.25) is 0 Å². The molecule has 2 rings (SSSR count). The van der Waals surface area contributed by atoms with Gasteiger partial charge in [0, 0.05) is 27.1 Å². The first-order valence-electron chi connectivity index (χ1n) is 5.88. The highest BCUT2D eigenvalue weighted by molar-refractivity contribution is 14.1. The molecule has 0 saturated heterocycles. The van der Waals surface area contributed by atoms with Crippen LogP contribution in [0.4, 0.5) is 0 Å². The molecule has 0 aliphatic heterocycles. The second-order valence-electron chi connectivity index (χ2n) is 3.95. The molecule has 0 aliphatic carbocycles. The molecule has 21 heavy (non-hydrogen) atoms. The Hall–Kier alpha value is -1.23. The molecule has 2 aromatic rings. The van der Waals surface area contributed by atoms with Gasteiger partial charge in [-0.2, -0.15) is 5.10 Å². The number of halogens is 2. The first-order valence-corrected chi connectivity index (χ1v) is 8.04.